The molecule has 1 saturated carbocycles. The molecule has 0 aromatic carbocycles. The van der Waals surface area contributed by atoms with Crippen LogP contribution in [-0.4, -0.2) is 69.9 Å². The highest BCUT2D eigenvalue weighted by atomic mass is 32.2. The van der Waals surface area contributed by atoms with Gasteiger partial charge in [-0.3, -0.25) is 19.3 Å². The molecule has 3 fully saturated rings. The van der Waals surface area contributed by atoms with Gasteiger partial charge in [0, 0.05) is 25.8 Å². The van der Waals surface area contributed by atoms with Crippen LogP contribution in [0, 0.1) is 0 Å². The molecule has 0 unspecified atom stereocenters. The number of hydrogen-bond acceptors (Lipinski definition) is 5. The van der Waals surface area contributed by atoms with Crippen molar-refractivity contribution in [2.24, 2.45) is 0 Å². The van der Waals surface area contributed by atoms with Crippen LogP contribution in [-0.2, 0) is 14.4 Å². The van der Waals surface area contributed by atoms with Gasteiger partial charge in [-0.1, -0.05) is 12.8 Å². The van der Waals surface area contributed by atoms with Crippen molar-refractivity contribution in [3.63, 3.8) is 0 Å². The molecule has 2 saturated heterocycles. The van der Waals surface area contributed by atoms with E-state index in [9.17, 15) is 19.2 Å². The summed E-state index contributed by atoms with van der Waals surface area (Å²) in [5.41, 5.74) is -0.677. The Morgan fingerprint density at radius 1 is 1.32 bits per heavy atom. The molecule has 3 rings (SSSR count). The molecule has 1 spiro atoms. The van der Waals surface area contributed by atoms with Crippen molar-refractivity contribution in [3.8, 4) is 0 Å². The lowest BCUT2D eigenvalue weighted by Crippen LogP contribution is -2.47. The Hall–Kier alpha value is -1.77. The Kier molecular flexibility index (Phi) is 5.21. The van der Waals surface area contributed by atoms with E-state index in [1.807, 2.05) is 0 Å². The number of amides is 5. The van der Waals surface area contributed by atoms with Gasteiger partial charge in [0.1, 0.15) is 11.6 Å². The van der Waals surface area contributed by atoms with Crippen LogP contribution in [0.15, 0.2) is 0 Å². The first-order valence-corrected chi connectivity index (χ1v) is 9.87. The van der Waals surface area contributed by atoms with E-state index >= 15 is 0 Å². The SMILES string of the molecule is CC(=O)N1CSC[C@@H]1C(=O)NCCCN1C(=O)NC2(CCCC2)C1=O. The van der Waals surface area contributed by atoms with E-state index in [1.54, 1.807) is 16.7 Å². The summed E-state index contributed by atoms with van der Waals surface area (Å²) in [5.74, 6) is 0.728. The third kappa shape index (κ3) is 3.47. The van der Waals surface area contributed by atoms with Crippen molar-refractivity contribution >= 4 is 35.5 Å². The van der Waals surface area contributed by atoms with Crippen molar-refractivity contribution < 1.29 is 19.2 Å². The molecule has 2 heterocycles. The van der Waals surface area contributed by atoms with Gasteiger partial charge >= 0.3 is 6.03 Å². The zero-order valence-electron chi connectivity index (χ0n) is 14.4. The summed E-state index contributed by atoms with van der Waals surface area (Å²) in [6.45, 7) is 2.13. The standard InChI is InChI=1S/C16H24N4O4S/c1-11(21)20-10-25-9-12(20)13(22)17-7-4-8-19-14(23)16(18-15(19)24)5-2-3-6-16/h12H,2-10H2,1H3,(H,17,22)(H,18,24)/t12-/m1/s1. The first-order valence-electron chi connectivity index (χ1n) is 8.71. The van der Waals surface area contributed by atoms with Gasteiger partial charge in [-0.15, -0.1) is 11.8 Å². The van der Waals surface area contributed by atoms with E-state index in [4.69, 9.17) is 0 Å². The minimum Gasteiger partial charge on any atom is -0.354 e. The molecule has 8 nitrogen and oxygen atoms in total. The zero-order chi connectivity index (χ0) is 18.0. The summed E-state index contributed by atoms with van der Waals surface area (Å²) in [6.07, 6.45) is 3.85. The molecule has 3 aliphatic rings. The van der Waals surface area contributed by atoms with Gasteiger partial charge in [0.15, 0.2) is 0 Å². The molecule has 0 aromatic rings. The van der Waals surface area contributed by atoms with Crippen LogP contribution < -0.4 is 10.6 Å². The number of thioether (sulfide) groups is 1. The second kappa shape index (κ2) is 7.23. The summed E-state index contributed by atoms with van der Waals surface area (Å²) in [5, 5.41) is 5.65. The van der Waals surface area contributed by atoms with Crippen LogP contribution in [0.2, 0.25) is 0 Å². The van der Waals surface area contributed by atoms with E-state index in [2.05, 4.69) is 10.6 Å². The third-order valence-corrected chi connectivity index (χ3v) is 6.16. The predicted octanol–water partition coefficient (Wildman–Crippen LogP) is 0.279. The number of nitrogens with one attached hydrogen (secondary N) is 2. The third-order valence-electron chi connectivity index (χ3n) is 5.15. The summed E-state index contributed by atoms with van der Waals surface area (Å²) < 4.78 is 0. The lowest BCUT2D eigenvalue weighted by molar-refractivity contribution is -0.136. The number of carbonyl (C=O) groups excluding carboxylic acids is 4. The number of hydrogen-bond donors (Lipinski definition) is 2. The number of imide groups is 1. The predicted molar refractivity (Wildman–Crippen MR) is 92.7 cm³/mol. The van der Waals surface area contributed by atoms with Crippen molar-refractivity contribution in [3.05, 3.63) is 0 Å². The molecule has 138 valence electrons. The lowest BCUT2D eigenvalue weighted by Gasteiger charge is -2.22. The molecule has 5 amide bonds. The Morgan fingerprint density at radius 2 is 2.04 bits per heavy atom. The van der Waals surface area contributed by atoms with E-state index in [-0.39, 0.29) is 23.8 Å². The molecule has 2 aliphatic heterocycles. The lowest BCUT2D eigenvalue weighted by atomic mass is 9.98. The largest absolute Gasteiger partial charge is 0.354 e. The van der Waals surface area contributed by atoms with Crippen LogP contribution >= 0.6 is 11.8 Å². The van der Waals surface area contributed by atoms with Crippen LogP contribution in [0.1, 0.15) is 39.0 Å². The molecule has 0 bridgehead atoms. The molecule has 0 aromatic heterocycles. The smallest absolute Gasteiger partial charge is 0.325 e. The maximum Gasteiger partial charge on any atom is 0.325 e. The van der Waals surface area contributed by atoms with Crippen LogP contribution in [0.25, 0.3) is 0 Å². The van der Waals surface area contributed by atoms with E-state index < -0.39 is 11.6 Å². The quantitative estimate of drug-likeness (QED) is 0.536. The second-order valence-electron chi connectivity index (χ2n) is 6.83. The fourth-order valence-electron chi connectivity index (χ4n) is 3.73. The van der Waals surface area contributed by atoms with Gasteiger partial charge < -0.3 is 15.5 Å². The topological polar surface area (TPSA) is 98.8 Å². The average Bonchev–Trinajstić information content (AvgIpc) is 3.27. The normalized spacial score (nSPS) is 24.9. The summed E-state index contributed by atoms with van der Waals surface area (Å²) in [6, 6.07) is -0.755. The highest BCUT2D eigenvalue weighted by Crippen LogP contribution is 2.34. The van der Waals surface area contributed by atoms with Crippen LogP contribution in [0.5, 0.6) is 0 Å². The molecular formula is C16H24N4O4S. The van der Waals surface area contributed by atoms with Crippen LogP contribution in [0.4, 0.5) is 4.79 Å². The highest BCUT2D eigenvalue weighted by Gasteiger charge is 2.52. The second-order valence-corrected chi connectivity index (χ2v) is 7.83. The molecule has 1 aliphatic carbocycles. The molecule has 1 atom stereocenters. The molecule has 25 heavy (non-hydrogen) atoms. The minimum absolute atomic E-state index is 0.105. The Labute approximate surface area is 151 Å². The van der Waals surface area contributed by atoms with Gasteiger partial charge in [-0.2, -0.15) is 0 Å². The summed E-state index contributed by atoms with van der Waals surface area (Å²) >= 11 is 1.56. The molecule has 0 radical (unpaired) electrons. The first-order chi connectivity index (χ1) is 11.9. The summed E-state index contributed by atoms with van der Waals surface area (Å²) in [7, 11) is 0. The van der Waals surface area contributed by atoms with Gasteiger partial charge in [0.25, 0.3) is 5.91 Å². The van der Waals surface area contributed by atoms with Crippen molar-refractivity contribution in [2.75, 3.05) is 24.7 Å². The zero-order valence-corrected chi connectivity index (χ0v) is 15.2. The van der Waals surface area contributed by atoms with Gasteiger partial charge in [-0.25, -0.2) is 4.79 Å². The monoisotopic (exact) mass is 368 g/mol. The van der Waals surface area contributed by atoms with E-state index in [0.717, 1.165) is 12.8 Å². The number of carbonyl (C=O) groups is 4. The van der Waals surface area contributed by atoms with E-state index in [0.29, 0.717) is 44.0 Å². The first kappa shape index (κ1) is 18.0. The fourth-order valence-corrected chi connectivity index (χ4v) is 4.95. The number of nitrogens with zero attached hydrogens (tertiary/aromatic N) is 2. The molecule has 9 heteroatoms. The average molecular weight is 368 g/mol. The Bertz CT molecular complexity index is 591. The summed E-state index contributed by atoms with van der Waals surface area (Å²) in [4.78, 5) is 51.1. The van der Waals surface area contributed by atoms with Crippen LogP contribution in [0.3, 0.4) is 0 Å². The maximum atomic E-state index is 12.5. The number of rotatable bonds is 5. The maximum absolute atomic E-state index is 12.5. The Morgan fingerprint density at radius 3 is 2.72 bits per heavy atom. The van der Waals surface area contributed by atoms with Gasteiger partial charge in [-0.05, 0) is 19.3 Å². The minimum atomic E-state index is -0.677. The van der Waals surface area contributed by atoms with Crippen molar-refractivity contribution in [1.29, 1.82) is 0 Å². The van der Waals surface area contributed by atoms with E-state index in [1.165, 1.54) is 11.8 Å². The van der Waals surface area contributed by atoms with Gasteiger partial charge in [0.05, 0.1) is 5.88 Å². The highest BCUT2D eigenvalue weighted by molar-refractivity contribution is 7.99. The van der Waals surface area contributed by atoms with Crippen molar-refractivity contribution in [2.45, 2.75) is 50.6 Å². The fraction of sp³-hybridized carbons (Fsp3) is 0.750. The Balaban J connectivity index is 1.44. The molecular weight excluding hydrogens is 344 g/mol. The number of urea groups is 1. The molecule has 2 N–H and O–H groups in total. The van der Waals surface area contributed by atoms with Crippen molar-refractivity contribution in [1.82, 2.24) is 20.4 Å². The van der Waals surface area contributed by atoms with Gasteiger partial charge in [0.2, 0.25) is 11.8 Å².